The predicted octanol–water partition coefficient (Wildman–Crippen LogP) is 5.59. The zero-order valence-electron chi connectivity index (χ0n) is 19.9. The molecule has 0 spiro atoms. The Kier molecular flexibility index (Phi) is 6.60. The molecule has 1 aliphatic heterocycles. The number of hydrogen-bond acceptors (Lipinski definition) is 5. The smallest absolute Gasteiger partial charge is 0.300 e. The summed E-state index contributed by atoms with van der Waals surface area (Å²) in [4.78, 5) is 27.9. The third-order valence-corrected chi connectivity index (χ3v) is 6.09. The highest BCUT2D eigenvalue weighted by Gasteiger charge is 2.47. The van der Waals surface area contributed by atoms with Gasteiger partial charge in [0.25, 0.3) is 11.7 Å². The second-order valence-electron chi connectivity index (χ2n) is 8.53. The summed E-state index contributed by atoms with van der Waals surface area (Å²) < 4.78 is 24.4. The monoisotopic (exact) mass is 475 g/mol. The third-order valence-electron chi connectivity index (χ3n) is 6.09. The first-order chi connectivity index (χ1) is 16.8. The van der Waals surface area contributed by atoms with Crippen molar-refractivity contribution in [3.8, 4) is 11.5 Å². The van der Waals surface area contributed by atoms with E-state index in [9.17, 15) is 19.1 Å². The molecule has 180 valence electrons. The van der Waals surface area contributed by atoms with Gasteiger partial charge in [-0.25, -0.2) is 4.39 Å². The van der Waals surface area contributed by atoms with Crippen LogP contribution in [0.5, 0.6) is 11.5 Å². The summed E-state index contributed by atoms with van der Waals surface area (Å²) in [5.74, 6) is -1.16. The molecule has 0 bridgehead atoms. The second-order valence-corrected chi connectivity index (χ2v) is 8.53. The van der Waals surface area contributed by atoms with E-state index in [0.29, 0.717) is 28.3 Å². The maximum atomic E-state index is 13.7. The van der Waals surface area contributed by atoms with E-state index in [4.69, 9.17) is 9.47 Å². The van der Waals surface area contributed by atoms with Crippen molar-refractivity contribution in [3.63, 3.8) is 0 Å². The van der Waals surface area contributed by atoms with E-state index >= 15 is 0 Å². The molecule has 1 heterocycles. The maximum Gasteiger partial charge on any atom is 0.300 e. The van der Waals surface area contributed by atoms with E-state index in [1.807, 2.05) is 13.8 Å². The van der Waals surface area contributed by atoms with Crippen molar-refractivity contribution in [3.05, 3.63) is 94.8 Å². The molecule has 0 saturated carbocycles. The molecule has 1 N–H and O–H groups in total. The van der Waals surface area contributed by atoms with Gasteiger partial charge in [-0.3, -0.25) is 14.5 Å². The van der Waals surface area contributed by atoms with E-state index < -0.39 is 23.5 Å². The summed E-state index contributed by atoms with van der Waals surface area (Å²) in [6.45, 7) is 3.98. The van der Waals surface area contributed by atoms with Crippen molar-refractivity contribution >= 4 is 23.1 Å². The number of aliphatic hydroxyl groups excluding tert-OH is 1. The standard InChI is InChI=1S/C28H26FNO5/c1-16(2)22-14-18(10-13-23(22)35-4)26(31)24-25(17-8-11-19(29)12-9-17)30(28(33)27(24)32)20-6-5-7-21(15-20)34-3/h5-16,25,31H,1-4H3/b26-24-. The van der Waals surface area contributed by atoms with Gasteiger partial charge in [0, 0.05) is 17.3 Å². The van der Waals surface area contributed by atoms with E-state index in [1.165, 1.54) is 36.3 Å². The number of benzene rings is 3. The first kappa shape index (κ1) is 24.0. The molecule has 4 rings (SSSR count). The van der Waals surface area contributed by atoms with Crippen molar-refractivity contribution < 1.29 is 28.6 Å². The number of methoxy groups -OCH3 is 2. The van der Waals surface area contributed by atoms with Crippen LogP contribution in [-0.2, 0) is 9.59 Å². The highest BCUT2D eigenvalue weighted by molar-refractivity contribution is 6.51. The lowest BCUT2D eigenvalue weighted by Crippen LogP contribution is -2.29. The van der Waals surface area contributed by atoms with Crippen LogP contribution in [0.3, 0.4) is 0 Å². The minimum absolute atomic E-state index is 0.0794. The summed E-state index contributed by atoms with van der Waals surface area (Å²) in [6, 6.07) is 16.4. The van der Waals surface area contributed by atoms with E-state index in [0.717, 1.165) is 5.56 Å². The molecule has 1 atom stereocenters. The number of aliphatic hydroxyl groups is 1. The summed E-state index contributed by atoms with van der Waals surface area (Å²) in [5.41, 5.74) is 2.04. The van der Waals surface area contributed by atoms with Crippen LogP contribution in [0.4, 0.5) is 10.1 Å². The normalized spacial score (nSPS) is 17.2. The van der Waals surface area contributed by atoms with E-state index in [-0.39, 0.29) is 17.3 Å². The fourth-order valence-corrected chi connectivity index (χ4v) is 4.31. The number of carbonyl (C=O) groups is 2. The van der Waals surface area contributed by atoms with Crippen LogP contribution in [0.25, 0.3) is 5.76 Å². The molecule has 1 saturated heterocycles. The van der Waals surface area contributed by atoms with Gasteiger partial charge in [0.1, 0.15) is 23.1 Å². The van der Waals surface area contributed by atoms with Gasteiger partial charge >= 0.3 is 0 Å². The highest BCUT2D eigenvalue weighted by atomic mass is 19.1. The van der Waals surface area contributed by atoms with Crippen LogP contribution in [0, 0.1) is 5.82 Å². The van der Waals surface area contributed by atoms with Crippen molar-refractivity contribution in [2.45, 2.75) is 25.8 Å². The molecule has 1 fully saturated rings. The molecule has 0 aliphatic carbocycles. The fraction of sp³-hybridized carbons (Fsp3) is 0.214. The highest BCUT2D eigenvalue weighted by Crippen LogP contribution is 2.43. The minimum Gasteiger partial charge on any atom is -0.507 e. The number of nitrogens with zero attached hydrogens (tertiary/aromatic N) is 1. The Balaban J connectivity index is 1.94. The zero-order chi connectivity index (χ0) is 25.3. The van der Waals surface area contributed by atoms with Crippen molar-refractivity contribution in [1.29, 1.82) is 0 Å². The molecule has 1 amide bonds. The van der Waals surface area contributed by atoms with Crippen molar-refractivity contribution in [2.24, 2.45) is 0 Å². The van der Waals surface area contributed by atoms with Gasteiger partial charge in [-0.05, 0) is 59.5 Å². The second kappa shape index (κ2) is 9.62. The molecule has 6 nitrogen and oxygen atoms in total. The predicted molar refractivity (Wildman–Crippen MR) is 131 cm³/mol. The van der Waals surface area contributed by atoms with Crippen molar-refractivity contribution in [1.82, 2.24) is 0 Å². The molecule has 35 heavy (non-hydrogen) atoms. The van der Waals surface area contributed by atoms with Crippen LogP contribution >= 0.6 is 0 Å². The Labute approximate surface area is 203 Å². The van der Waals surface area contributed by atoms with E-state index in [1.54, 1.807) is 49.6 Å². The van der Waals surface area contributed by atoms with E-state index in [2.05, 4.69) is 0 Å². The number of carbonyl (C=O) groups excluding carboxylic acids is 2. The van der Waals surface area contributed by atoms with Gasteiger partial charge in [-0.1, -0.05) is 32.0 Å². The van der Waals surface area contributed by atoms with Crippen LogP contribution in [0.15, 0.2) is 72.3 Å². The summed E-state index contributed by atoms with van der Waals surface area (Å²) >= 11 is 0. The Morgan fingerprint density at radius 1 is 0.971 bits per heavy atom. The number of anilines is 1. The number of halogens is 1. The fourth-order valence-electron chi connectivity index (χ4n) is 4.31. The first-order valence-electron chi connectivity index (χ1n) is 11.2. The molecule has 3 aromatic carbocycles. The lowest BCUT2D eigenvalue weighted by Gasteiger charge is -2.26. The number of ketones is 1. The molecule has 3 aromatic rings. The number of ether oxygens (including phenoxy) is 2. The lowest BCUT2D eigenvalue weighted by molar-refractivity contribution is -0.132. The molecule has 0 aromatic heterocycles. The van der Waals surface area contributed by atoms with Gasteiger partial charge in [0.05, 0.1) is 25.8 Å². The number of hydrogen-bond donors (Lipinski definition) is 1. The Morgan fingerprint density at radius 2 is 1.69 bits per heavy atom. The Bertz CT molecular complexity index is 1310. The molecule has 1 aliphatic rings. The molecular weight excluding hydrogens is 449 g/mol. The van der Waals surface area contributed by atoms with Crippen LogP contribution in [0.2, 0.25) is 0 Å². The van der Waals surface area contributed by atoms with Gasteiger partial charge in [-0.15, -0.1) is 0 Å². The Hall–Kier alpha value is -4.13. The maximum absolute atomic E-state index is 13.7. The number of rotatable bonds is 6. The minimum atomic E-state index is -0.965. The van der Waals surface area contributed by atoms with Gasteiger partial charge in [0.15, 0.2) is 0 Å². The molecule has 1 unspecified atom stereocenters. The molecule has 7 heteroatoms. The average Bonchev–Trinajstić information content (AvgIpc) is 3.13. The van der Waals surface area contributed by atoms with Crippen LogP contribution in [-0.4, -0.2) is 31.0 Å². The number of amides is 1. The largest absolute Gasteiger partial charge is 0.507 e. The quantitative estimate of drug-likeness (QED) is 0.286. The van der Waals surface area contributed by atoms with Gasteiger partial charge < -0.3 is 14.6 Å². The summed E-state index contributed by atoms with van der Waals surface area (Å²) in [7, 11) is 3.07. The summed E-state index contributed by atoms with van der Waals surface area (Å²) in [5, 5.41) is 11.4. The van der Waals surface area contributed by atoms with Gasteiger partial charge in [-0.2, -0.15) is 0 Å². The molecule has 0 radical (unpaired) electrons. The zero-order valence-corrected chi connectivity index (χ0v) is 19.9. The van der Waals surface area contributed by atoms with Crippen LogP contribution < -0.4 is 14.4 Å². The van der Waals surface area contributed by atoms with Gasteiger partial charge in [0.2, 0.25) is 0 Å². The summed E-state index contributed by atoms with van der Waals surface area (Å²) in [6.07, 6.45) is 0. The lowest BCUT2D eigenvalue weighted by atomic mass is 9.93. The first-order valence-corrected chi connectivity index (χ1v) is 11.2. The van der Waals surface area contributed by atoms with Crippen LogP contribution in [0.1, 0.15) is 42.5 Å². The average molecular weight is 476 g/mol. The number of Topliss-reactive ketones (excluding diaryl/α,β-unsaturated/α-hetero) is 1. The Morgan fingerprint density at radius 3 is 2.31 bits per heavy atom. The third kappa shape index (κ3) is 4.37. The van der Waals surface area contributed by atoms with Crippen molar-refractivity contribution in [2.75, 3.05) is 19.1 Å². The molecular formula is C28H26FNO5. The topological polar surface area (TPSA) is 76.1 Å². The SMILES string of the molecule is COc1cccc(N2C(=O)C(=O)/C(=C(\O)c3ccc(OC)c(C(C)C)c3)C2c2ccc(F)cc2)c1.